The highest BCUT2D eigenvalue weighted by atomic mass is 35.5. The number of benzene rings is 1. The molecule has 7 heteroatoms. The van der Waals surface area contributed by atoms with Gasteiger partial charge in [0.05, 0.1) is 6.61 Å². The third-order valence-electron chi connectivity index (χ3n) is 2.41. The van der Waals surface area contributed by atoms with E-state index in [1.807, 2.05) is 12.1 Å². The van der Waals surface area contributed by atoms with E-state index in [-0.39, 0.29) is 25.5 Å². The summed E-state index contributed by atoms with van der Waals surface area (Å²) >= 11 is 5.94. The Morgan fingerprint density at radius 1 is 1.30 bits per heavy atom. The summed E-state index contributed by atoms with van der Waals surface area (Å²) in [4.78, 5) is 11.5. The first kappa shape index (κ1) is 16.8. The Hall–Kier alpha value is -1.27. The van der Waals surface area contributed by atoms with Gasteiger partial charge in [-0.1, -0.05) is 29.8 Å². The molecule has 112 valence electrons. The standard InChI is InChI=1S/C13H15ClF3NO2/c14-11-4-2-1-3-10(11)5-6-12(19)18-7-8-20-9-13(15,16)17/h1-4H,5-9H2,(H,18,19). The van der Waals surface area contributed by atoms with Crippen LogP contribution in [-0.4, -0.2) is 31.8 Å². The van der Waals surface area contributed by atoms with E-state index >= 15 is 0 Å². The van der Waals surface area contributed by atoms with Crippen LogP contribution in [0.25, 0.3) is 0 Å². The summed E-state index contributed by atoms with van der Waals surface area (Å²) in [6.45, 7) is -1.42. The summed E-state index contributed by atoms with van der Waals surface area (Å²) in [5, 5.41) is 3.08. The molecule has 0 atom stereocenters. The number of ether oxygens (including phenoxy) is 1. The van der Waals surface area contributed by atoms with Crippen LogP contribution in [0, 0.1) is 0 Å². The molecule has 0 radical (unpaired) electrons. The lowest BCUT2D eigenvalue weighted by Crippen LogP contribution is -2.29. The summed E-state index contributed by atoms with van der Waals surface area (Å²) in [7, 11) is 0. The van der Waals surface area contributed by atoms with E-state index in [1.165, 1.54) is 0 Å². The molecule has 1 amide bonds. The van der Waals surface area contributed by atoms with Crippen LogP contribution in [0.3, 0.4) is 0 Å². The Morgan fingerprint density at radius 3 is 2.65 bits per heavy atom. The van der Waals surface area contributed by atoms with Crippen molar-refractivity contribution in [3.63, 3.8) is 0 Å². The van der Waals surface area contributed by atoms with Gasteiger partial charge in [-0.3, -0.25) is 4.79 Å². The molecule has 1 aromatic rings. The average Bonchev–Trinajstić information content (AvgIpc) is 2.36. The molecule has 0 saturated heterocycles. The third-order valence-corrected chi connectivity index (χ3v) is 2.78. The maximum Gasteiger partial charge on any atom is 0.411 e. The fraction of sp³-hybridized carbons (Fsp3) is 0.462. The molecule has 0 aromatic heterocycles. The van der Waals surface area contributed by atoms with Gasteiger partial charge in [0, 0.05) is 18.0 Å². The molecule has 0 unspecified atom stereocenters. The predicted molar refractivity (Wildman–Crippen MR) is 69.7 cm³/mol. The third kappa shape index (κ3) is 7.35. The molecule has 0 aliphatic heterocycles. The molecule has 1 aromatic carbocycles. The Labute approximate surface area is 120 Å². The predicted octanol–water partition coefficient (Wildman–Crippen LogP) is 2.97. The van der Waals surface area contributed by atoms with Crippen molar-refractivity contribution in [3.8, 4) is 0 Å². The summed E-state index contributed by atoms with van der Waals surface area (Å²) < 4.78 is 39.7. The van der Waals surface area contributed by atoms with Crippen molar-refractivity contribution < 1.29 is 22.7 Å². The minimum Gasteiger partial charge on any atom is -0.370 e. The minimum atomic E-state index is -4.34. The van der Waals surface area contributed by atoms with Crippen molar-refractivity contribution >= 4 is 17.5 Å². The Morgan fingerprint density at radius 2 is 2.00 bits per heavy atom. The van der Waals surface area contributed by atoms with Crippen LogP contribution in [-0.2, 0) is 16.0 Å². The van der Waals surface area contributed by atoms with E-state index in [1.54, 1.807) is 12.1 Å². The molecule has 3 nitrogen and oxygen atoms in total. The van der Waals surface area contributed by atoms with Gasteiger partial charge in [-0.2, -0.15) is 13.2 Å². The molecule has 1 rings (SSSR count). The van der Waals surface area contributed by atoms with Gasteiger partial charge in [0.2, 0.25) is 5.91 Å². The van der Waals surface area contributed by atoms with Crippen LogP contribution < -0.4 is 5.32 Å². The van der Waals surface area contributed by atoms with Crippen LogP contribution in [0.2, 0.25) is 5.02 Å². The molecule has 1 N–H and O–H groups in total. The lowest BCUT2D eigenvalue weighted by atomic mass is 10.1. The SMILES string of the molecule is O=C(CCc1ccccc1Cl)NCCOCC(F)(F)F. The second-order valence-corrected chi connectivity index (χ2v) is 4.52. The number of amides is 1. The summed E-state index contributed by atoms with van der Waals surface area (Å²) in [6, 6.07) is 7.18. The number of rotatable bonds is 7. The maximum absolute atomic E-state index is 11.8. The highest BCUT2D eigenvalue weighted by Gasteiger charge is 2.27. The number of hydrogen-bond acceptors (Lipinski definition) is 2. The largest absolute Gasteiger partial charge is 0.411 e. The van der Waals surface area contributed by atoms with Crippen LogP contribution in [0.5, 0.6) is 0 Å². The first-order chi connectivity index (χ1) is 9.38. The topological polar surface area (TPSA) is 38.3 Å². The van der Waals surface area contributed by atoms with E-state index in [0.29, 0.717) is 11.4 Å². The average molecular weight is 310 g/mol. The Kier molecular flexibility index (Phi) is 6.81. The quantitative estimate of drug-likeness (QED) is 0.786. The molecule has 0 spiro atoms. The summed E-state index contributed by atoms with van der Waals surface area (Å²) in [5.74, 6) is -0.250. The second-order valence-electron chi connectivity index (χ2n) is 4.11. The molecule has 0 aliphatic carbocycles. The zero-order chi connectivity index (χ0) is 15.0. The van der Waals surface area contributed by atoms with Gasteiger partial charge in [0.15, 0.2) is 0 Å². The van der Waals surface area contributed by atoms with Gasteiger partial charge in [-0.15, -0.1) is 0 Å². The fourth-order valence-electron chi connectivity index (χ4n) is 1.49. The van der Waals surface area contributed by atoms with Crippen molar-refractivity contribution in [2.45, 2.75) is 19.0 Å². The molecule has 20 heavy (non-hydrogen) atoms. The lowest BCUT2D eigenvalue weighted by molar-refractivity contribution is -0.173. The van der Waals surface area contributed by atoms with Crippen LogP contribution in [0.15, 0.2) is 24.3 Å². The zero-order valence-corrected chi connectivity index (χ0v) is 11.4. The Bertz CT molecular complexity index is 438. The van der Waals surface area contributed by atoms with Crippen LogP contribution in [0.1, 0.15) is 12.0 Å². The van der Waals surface area contributed by atoms with Gasteiger partial charge < -0.3 is 10.1 Å². The normalized spacial score (nSPS) is 11.4. The van der Waals surface area contributed by atoms with Gasteiger partial charge in [0.1, 0.15) is 6.61 Å². The van der Waals surface area contributed by atoms with Crippen molar-refractivity contribution in [1.82, 2.24) is 5.32 Å². The van der Waals surface area contributed by atoms with Crippen LogP contribution >= 0.6 is 11.6 Å². The van der Waals surface area contributed by atoms with Crippen molar-refractivity contribution in [2.24, 2.45) is 0 Å². The molecule has 0 fully saturated rings. The molecule has 0 bridgehead atoms. The molecular formula is C13H15ClF3NO2. The summed E-state index contributed by atoms with van der Waals surface area (Å²) in [6.07, 6.45) is -3.63. The second kappa shape index (κ2) is 8.11. The maximum atomic E-state index is 11.8. The molecular weight excluding hydrogens is 295 g/mol. The number of hydrogen-bond donors (Lipinski definition) is 1. The minimum absolute atomic E-state index is 0.0530. The first-order valence-electron chi connectivity index (χ1n) is 6.03. The number of halogens is 4. The molecule has 0 saturated carbocycles. The highest BCUT2D eigenvalue weighted by molar-refractivity contribution is 6.31. The van der Waals surface area contributed by atoms with Gasteiger partial charge in [0.25, 0.3) is 0 Å². The first-order valence-corrected chi connectivity index (χ1v) is 6.41. The van der Waals surface area contributed by atoms with Gasteiger partial charge in [-0.25, -0.2) is 0 Å². The van der Waals surface area contributed by atoms with E-state index in [4.69, 9.17) is 11.6 Å². The highest BCUT2D eigenvalue weighted by Crippen LogP contribution is 2.16. The van der Waals surface area contributed by atoms with Crippen molar-refractivity contribution in [2.75, 3.05) is 19.8 Å². The fourth-order valence-corrected chi connectivity index (χ4v) is 1.72. The molecule has 0 heterocycles. The lowest BCUT2D eigenvalue weighted by Gasteiger charge is -2.09. The summed E-state index contributed by atoms with van der Waals surface area (Å²) in [5.41, 5.74) is 0.859. The van der Waals surface area contributed by atoms with Gasteiger partial charge in [-0.05, 0) is 18.1 Å². The number of carbonyl (C=O) groups is 1. The van der Waals surface area contributed by atoms with E-state index < -0.39 is 12.8 Å². The van der Waals surface area contributed by atoms with Gasteiger partial charge >= 0.3 is 6.18 Å². The van der Waals surface area contributed by atoms with E-state index in [0.717, 1.165) is 5.56 Å². The number of carbonyl (C=O) groups excluding carboxylic acids is 1. The number of aryl methyl sites for hydroxylation is 1. The monoisotopic (exact) mass is 309 g/mol. The van der Waals surface area contributed by atoms with E-state index in [2.05, 4.69) is 10.1 Å². The Balaban J connectivity index is 2.14. The number of alkyl halides is 3. The molecule has 0 aliphatic rings. The van der Waals surface area contributed by atoms with Crippen molar-refractivity contribution in [3.05, 3.63) is 34.9 Å². The number of nitrogens with one attached hydrogen (secondary N) is 1. The van der Waals surface area contributed by atoms with Crippen LogP contribution in [0.4, 0.5) is 13.2 Å². The smallest absolute Gasteiger partial charge is 0.370 e. The van der Waals surface area contributed by atoms with E-state index in [9.17, 15) is 18.0 Å². The zero-order valence-electron chi connectivity index (χ0n) is 10.7. The van der Waals surface area contributed by atoms with Crippen molar-refractivity contribution in [1.29, 1.82) is 0 Å².